The minimum absolute atomic E-state index is 0.112. The number of carbonyl (C=O) groups is 3. The Labute approximate surface area is 198 Å². The number of fused-ring (bicyclic) bond motifs is 4. The van der Waals surface area contributed by atoms with E-state index < -0.39 is 0 Å². The fraction of sp³-hybridized carbons (Fsp3) is 0.400. The van der Waals surface area contributed by atoms with Crippen molar-refractivity contribution in [3.63, 3.8) is 0 Å². The molecule has 5 rings (SSSR count). The number of nitrogens with one attached hydrogen (secondary N) is 1. The minimum Gasteiger partial charge on any atom is -0.486 e. The van der Waals surface area contributed by atoms with Gasteiger partial charge in [0.2, 0.25) is 11.8 Å². The molecule has 1 atom stereocenters. The largest absolute Gasteiger partial charge is 0.486 e. The number of anilines is 3. The molecule has 0 aromatic heterocycles. The molecule has 2 aromatic rings. The van der Waals surface area contributed by atoms with Crippen LogP contribution in [0, 0.1) is 0 Å². The van der Waals surface area contributed by atoms with E-state index in [1.165, 1.54) is 9.80 Å². The lowest BCUT2D eigenvalue weighted by atomic mass is 9.95. The topological polar surface area (TPSA) is 91.4 Å². The zero-order valence-electron chi connectivity index (χ0n) is 19.4. The van der Waals surface area contributed by atoms with Gasteiger partial charge in [0.15, 0.2) is 11.5 Å². The first-order chi connectivity index (χ1) is 16.4. The summed E-state index contributed by atoms with van der Waals surface area (Å²) in [4.78, 5) is 44.2. The summed E-state index contributed by atoms with van der Waals surface area (Å²) in [6.45, 7) is 1.58. The highest BCUT2D eigenvalue weighted by atomic mass is 16.6. The smallest absolute Gasteiger partial charge is 0.253 e. The van der Waals surface area contributed by atoms with Gasteiger partial charge in [-0.15, -0.1) is 0 Å². The summed E-state index contributed by atoms with van der Waals surface area (Å²) in [5, 5.41) is 2.86. The predicted octanol–water partition coefficient (Wildman–Crippen LogP) is 2.50. The quantitative estimate of drug-likeness (QED) is 0.748. The molecule has 0 aliphatic carbocycles. The van der Waals surface area contributed by atoms with E-state index in [0.29, 0.717) is 41.7 Å². The van der Waals surface area contributed by atoms with Crippen LogP contribution in [-0.2, 0) is 9.59 Å². The highest BCUT2D eigenvalue weighted by Gasteiger charge is 2.40. The average molecular weight is 465 g/mol. The molecule has 9 heteroatoms. The van der Waals surface area contributed by atoms with Gasteiger partial charge >= 0.3 is 0 Å². The summed E-state index contributed by atoms with van der Waals surface area (Å²) in [6.07, 6.45) is 2.72. The highest BCUT2D eigenvalue weighted by Crippen LogP contribution is 2.40. The zero-order valence-corrected chi connectivity index (χ0v) is 19.4. The van der Waals surface area contributed by atoms with Crippen LogP contribution in [0.5, 0.6) is 11.5 Å². The van der Waals surface area contributed by atoms with Gasteiger partial charge < -0.3 is 24.6 Å². The summed E-state index contributed by atoms with van der Waals surface area (Å²) in [6, 6.07) is 10.3. The first-order valence-electron chi connectivity index (χ1n) is 11.6. The lowest BCUT2D eigenvalue weighted by Crippen LogP contribution is -2.56. The Morgan fingerprint density at radius 3 is 2.62 bits per heavy atom. The molecule has 1 fully saturated rings. The molecule has 1 saturated heterocycles. The molecule has 2 aromatic carbocycles. The molecule has 0 bridgehead atoms. The lowest BCUT2D eigenvalue weighted by molar-refractivity contribution is -0.123. The van der Waals surface area contributed by atoms with E-state index in [1.54, 1.807) is 44.4 Å². The van der Waals surface area contributed by atoms with Crippen molar-refractivity contribution in [1.29, 1.82) is 0 Å². The van der Waals surface area contributed by atoms with Crippen LogP contribution < -0.4 is 24.6 Å². The molecule has 1 unspecified atom stereocenters. The van der Waals surface area contributed by atoms with E-state index in [4.69, 9.17) is 9.47 Å². The van der Waals surface area contributed by atoms with Crippen molar-refractivity contribution in [2.24, 2.45) is 0 Å². The summed E-state index contributed by atoms with van der Waals surface area (Å²) < 4.78 is 11.1. The first-order valence-corrected chi connectivity index (χ1v) is 11.6. The van der Waals surface area contributed by atoms with E-state index in [9.17, 15) is 14.4 Å². The molecule has 1 N–H and O–H groups in total. The van der Waals surface area contributed by atoms with Crippen LogP contribution >= 0.6 is 0 Å². The van der Waals surface area contributed by atoms with Gasteiger partial charge in [-0.2, -0.15) is 0 Å². The van der Waals surface area contributed by atoms with E-state index in [0.717, 1.165) is 31.5 Å². The fourth-order valence-electron chi connectivity index (χ4n) is 4.78. The fourth-order valence-corrected chi connectivity index (χ4v) is 4.78. The Hall–Kier alpha value is -3.75. The number of benzene rings is 2. The van der Waals surface area contributed by atoms with Crippen molar-refractivity contribution in [3.8, 4) is 11.5 Å². The van der Waals surface area contributed by atoms with Crippen molar-refractivity contribution in [3.05, 3.63) is 42.0 Å². The van der Waals surface area contributed by atoms with Crippen molar-refractivity contribution in [2.75, 3.05) is 55.5 Å². The van der Waals surface area contributed by atoms with Gasteiger partial charge in [0.05, 0.1) is 11.4 Å². The molecular formula is C25H28N4O5. The normalized spacial score (nSPS) is 18.6. The third-order valence-corrected chi connectivity index (χ3v) is 6.41. The number of ether oxygens (including phenoxy) is 2. The Morgan fingerprint density at radius 2 is 1.82 bits per heavy atom. The van der Waals surface area contributed by atoms with E-state index in [-0.39, 0.29) is 30.3 Å². The van der Waals surface area contributed by atoms with Gasteiger partial charge in [-0.25, -0.2) is 0 Å². The van der Waals surface area contributed by atoms with Crippen LogP contribution in [0.1, 0.15) is 29.6 Å². The van der Waals surface area contributed by atoms with Gasteiger partial charge in [-0.3, -0.25) is 19.3 Å². The number of hydrogen-bond acceptors (Lipinski definition) is 6. The summed E-state index contributed by atoms with van der Waals surface area (Å²) in [5.74, 6) is 0.619. The second-order valence-corrected chi connectivity index (χ2v) is 8.94. The number of carbonyl (C=O) groups excluding carboxylic acids is 3. The maximum atomic E-state index is 13.5. The Bertz CT molecular complexity index is 1150. The summed E-state index contributed by atoms with van der Waals surface area (Å²) in [5.41, 5.74) is 2.51. The van der Waals surface area contributed by atoms with Gasteiger partial charge in [0, 0.05) is 38.0 Å². The number of piperidine rings is 1. The molecule has 3 aliphatic heterocycles. The average Bonchev–Trinajstić information content (AvgIpc) is 2.85. The van der Waals surface area contributed by atoms with E-state index >= 15 is 0 Å². The van der Waals surface area contributed by atoms with E-state index in [2.05, 4.69) is 10.2 Å². The third-order valence-electron chi connectivity index (χ3n) is 6.41. The maximum Gasteiger partial charge on any atom is 0.253 e. The van der Waals surface area contributed by atoms with Gasteiger partial charge in [0.1, 0.15) is 25.8 Å². The standard InChI is InChI=1S/C25H28N4O5/c1-27(2)24(31)16-6-8-18-20(13-16)29(25(32)19-5-3-4-10-28(18)19)15-23(30)26-17-7-9-21-22(14-17)34-12-11-33-21/h6-9,13-14,19H,3-5,10-12,15H2,1-2H3,(H,26,30). The van der Waals surface area contributed by atoms with Crippen molar-refractivity contribution >= 4 is 34.8 Å². The van der Waals surface area contributed by atoms with Crippen LogP contribution in [0.3, 0.4) is 0 Å². The van der Waals surface area contributed by atoms with E-state index in [1.807, 2.05) is 6.07 Å². The Kier molecular flexibility index (Phi) is 5.77. The Balaban J connectivity index is 1.43. The van der Waals surface area contributed by atoms with Crippen LogP contribution in [-0.4, -0.2) is 69.1 Å². The van der Waals surface area contributed by atoms with Crippen molar-refractivity contribution in [2.45, 2.75) is 25.3 Å². The predicted molar refractivity (Wildman–Crippen MR) is 128 cm³/mol. The van der Waals surface area contributed by atoms with Crippen LogP contribution in [0.15, 0.2) is 36.4 Å². The van der Waals surface area contributed by atoms with Gasteiger partial charge in [-0.1, -0.05) is 0 Å². The zero-order chi connectivity index (χ0) is 23.8. The van der Waals surface area contributed by atoms with Crippen LogP contribution in [0.2, 0.25) is 0 Å². The molecule has 178 valence electrons. The van der Waals surface area contributed by atoms with Crippen LogP contribution in [0.25, 0.3) is 0 Å². The highest BCUT2D eigenvalue weighted by molar-refractivity contribution is 6.11. The summed E-state index contributed by atoms with van der Waals surface area (Å²) in [7, 11) is 3.37. The molecule has 3 amide bonds. The lowest BCUT2D eigenvalue weighted by Gasteiger charge is -2.45. The minimum atomic E-state index is -0.329. The van der Waals surface area contributed by atoms with Crippen molar-refractivity contribution in [1.82, 2.24) is 4.90 Å². The SMILES string of the molecule is CN(C)C(=O)c1ccc2c(c1)N(CC(=O)Nc1ccc3c(c1)OCCO3)C(=O)C1CCCCN21. The first kappa shape index (κ1) is 22.1. The molecule has 0 saturated carbocycles. The molecule has 0 radical (unpaired) electrons. The number of amides is 3. The third kappa shape index (κ3) is 4.02. The number of hydrogen-bond donors (Lipinski definition) is 1. The maximum absolute atomic E-state index is 13.5. The molecule has 9 nitrogen and oxygen atoms in total. The monoisotopic (exact) mass is 464 g/mol. The molecule has 0 spiro atoms. The van der Waals surface area contributed by atoms with Crippen molar-refractivity contribution < 1.29 is 23.9 Å². The second-order valence-electron chi connectivity index (χ2n) is 8.94. The molecule has 3 heterocycles. The Morgan fingerprint density at radius 1 is 1.03 bits per heavy atom. The van der Waals surface area contributed by atoms with Crippen LogP contribution in [0.4, 0.5) is 17.1 Å². The summed E-state index contributed by atoms with van der Waals surface area (Å²) >= 11 is 0. The number of nitrogens with zero attached hydrogens (tertiary/aromatic N) is 3. The van der Waals surface area contributed by atoms with Gasteiger partial charge in [0.25, 0.3) is 5.91 Å². The molecule has 3 aliphatic rings. The van der Waals surface area contributed by atoms with Gasteiger partial charge in [-0.05, 0) is 49.6 Å². The second kappa shape index (κ2) is 8.89. The number of rotatable bonds is 4. The molecular weight excluding hydrogens is 436 g/mol. The molecule has 34 heavy (non-hydrogen) atoms.